The Bertz CT molecular complexity index is 589. The number of hydrogen-bond donors (Lipinski definition) is 1. The average Bonchev–Trinajstić information content (AvgIpc) is 2.93. The topological polar surface area (TPSA) is 54.6 Å². The third kappa shape index (κ3) is 4.12. The number of hydrazone groups is 1. The van der Waals surface area contributed by atoms with Crippen LogP contribution in [-0.4, -0.2) is 12.1 Å². The van der Waals surface area contributed by atoms with Crippen LogP contribution in [0.25, 0.3) is 6.08 Å². The lowest BCUT2D eigenvalue weighted by Gasteiger charge is -1.95. The molecule has 0 unspecified atom stereocenters. The highest BCUT2D eigenvalue weighted by molar-refractivity contribution is 6.41. The van der Waals surface area contributed by atoms with Crippen LogP contribution < -0.4 is 5.43 Å². The second-order valence-corrected chi connectivity index (χ2v) is 4.05. The highest BCUT2D eigenvalue weighted by atomic mass is 35.5. The number of benzene rings is 1. The molecule has 0 saturated heterocycles. The van der Waals surface area contributed by atoms with Crippen LogP contribution in [0.2, 0.25) is 0 Å². The van der Waals surface area contributed by atoms with Crippen molar-refractivity contribution in [2.24, 2.45) is 5.10 Å². The maximum atomic E-state index is 11.5. The van der Waals surface area contributed by atoms with Crippen molar-refractivity contribution in [1.29, 1.82) is 0 Å². The van der Waals surface area contributed by atoms with Crippen molar-refractivity contribution in [2.75, 3.05) is 0 Å². The van der Waals surface area contributed by atoms with Gasteiger partial charge in [0.25, 0.3) is 0 Å². The minimum absolute atomic E-state index is 0.195. The van der Waals surface area contributed by atoms with Gasteiger partial charge < -0.3 is 4.42 Å². The maximum Gasteiger partial charge on any atom is 0.307 e. The molecule has 5 heteroatoms. The van der Waals surface area contributed by atoms with E-state index in [0.717, 1.165) is 5.56 Å². The van der Waals surface area contributed by atoms with Gasteiger partial charge in [0.2, 0.25) is 0 Å². The van der Waals surface area contributed by atoms with E-state index in [1.165, 1.54) is 12.5 Å². The van der Waals surface area contributed by atoms with Gasteiger partial charge in [0.05, 0.1) is 17.5 Å². The first-order valence-electron chi connectivity index (χ1n) is 5.55. The van der Waals surface area contributed by atoms with E-state index in [-0.39, 0.29) is 5.76 Å². The Balaban J connectivity index is 1.92. The third-order valence-corrected chi connectivity index (χ3v) is 2.41. The molecular formula is C14H11ClN2O2. The van der Waals surface area contributed by atoms with Gasteiger partial charge in [0.15, 0.2) is 5.76 Å². The summed E-state index contributed by atoms with van der Waals surface area (Å²) in [5.74, 6) is -0.231. The Morgan fingerprint density at radius 2 is 2.00 bits per heavy atom. The Hall–Kier alpha value is -2.33. The van der Waals surface area contributed by atoms with Gasteiger partial charge in [-0.25, -0.2) is 5.43 Å². The smallest absolute Gasteiger partial charge is 0.307 e. The van der Waals surface area contributed by atoms with E-state index >= 15 is 0 Å². The summed E-state index contributed by atoms with van der Waals surface area (Å²) in [6, 6.07) is 12.7. The first-order chi connectivity index (χ1) is 9.25. The van der Waals surface area contributed by atoms with Crippen LogP contribution in [-0.2, 0) is 0 Å². The summed E-state index contributed by atoms with van der Waals surface area (Å²) in [4.78, 5) is 11.5. The van der Waals surface area contributed by atoms with Gasteiger partial charge in [0, 0.05) is 0 Å². The molecule has 1 aromatic carbocycles. The molecule has 0 radical (unpaired) electrons. The van der Waals surface area contributed by atoms with E-state index in [2.05, 4.69) is 10.5 Å². The molecule has 0 fully saturated rings. The monoisotopic (exact) mass is 274 g/mol. The first-order valence-corrected chi connectivity index (χ1v) is 5.92. The molecule has 0 atom stereocenters. The molecule has 1 N–H and O–H groups in total. The minimum atomic E-state index is -0.426. The van der Waals surface area contributed by atoms with Crippen LogP contribution in [0.3, 0.4) is 0 Å². The van der Waals surface area contributed by atoms with E-state index in [0.29, 0.717) is 5.03 Å². The van der Waals surface area contributed by atoms with Gasteiger partial charge in [0.1, 0.15) is 0 Å². The largest absolute Gasteiger partial charge is 0.459 e. The van der Waals surface area contributed by atoms with Crippen molar-refractivity contribution in [1.82, 2.24) is 5.43 Å². The van der Waals surface area contributed by atoms with E-state index in [1.807, 2.05) is 30.3 Å². The molecule has 0 aliphatic rings. The lowest BCUT2D eigenvalue weighted by Crippen LogP contribution is -2.16. The van der Waals surface area contributed by atoms with Gasteiger partial charge >= 0.3 is 5.91 Å². The highest BCUT2D eigenvalue weighted by Crippen LogP contribution is 2.07. The highest BCUT2D eigenvalue weighted by Gasteiger charge is 2.05. The first kappa shape index (κ1) is 13.1. The summed E-state index contributed by atoms with van der Waals surface area (Å²) < 4.78 is 4.91. The molecule has 0 saturated carbocycles. The van der Waals surface area contributed by atoms with E-state index < -0.39 is 5.91 Å². The second kappa shape index (κ2) is 6.56. The van der Waals surface area contributed by atoms with Gasteiger partial charge in [-0.1, -0.05) is 41.9 Å². The molecule has 2 rings (SSSR count). The van der Waals surface area contributed by atoms with Crippen molar-refractivity contribution in [3.63, 3.8) is 0 Å². The van der Waals surface area contributed by atoms with Crippen molar-refractivity contribution < 1.29 is 9.21 Å². The van der Waals surface area contributed by atoms with E-state index in [4.69, 9.17) is 16.0 Å². The predicted molar refractivity (Wildman–Crippen MR) is 74.9 cm³/mol. The number of carbonyl (C=O) groups excluding carboxylic acids is 1. The molecule has 0 spiro atoms. The van der Waals surface area contributed by atoms with Crippen LogP contribution in [0.4, 0.5) is 0 Å². The lowest BCUT2D eigenvalue weighted by atomic mass is 10.2. The van der Waals surface area contributed by atoms with Crippen molar-refractivity contribution in [3.05, 3.63) is 65.1 Å². The average molecular weight is 275 g/mol. The number of carbonyl (C=O) groups is 1. The lowest BCUT2D eigenvalue weighted by molar-refractivity contribution is 0.0927. The fourth-order valence-corrected chi connectivity index (χ4v) is 1.54. The molecule has 1 amide bonds. The molecule has 1 heterocycles. The standard InChI is InChI=1S/C14H11ClN2O2/c15-12(9-11-5-2-1-3-6-11)10-16-17-14(18)13-7-4-8-19-13/h1-10H,(H,17,18)/b12-9+,16-10?. The molecule has 96 valence electrons. The minimum Gasteiger partial charge on any atom is -0.459 e. The van der Waals surface area contributed by atoms with Crippen molar-refractivity contribution in [3.8, 4) is 0 Å². The maximum absolute atomic E-state index is 11.5. The van der Waals surface area contributed by atoms with Gasteiger partial charge in [-0.15, -0.1) is 0 Å². The van der Waals surface area contributed by atoms with Gasteiger partial charge in [-0.3, -0.25) is 4.79 Å². The summed E-state index contributed by atoms with van der Waals surface area (Å²) in [7, 11) is 0. The SMILES string of the molecule is O=C(NN=C/C(Cl)=C\c1ccccc1)c1ccco1. The molecule has 1 aromatic heterocycles. The van der Waals surface area contributed by atoms with Crippen LogP contribution in [0.1, 0.15) is 16.1 Å². The normalized spacial score (nSPS) is 11.7. The number of halogens is 1. The predicted octanol–water partition coefficient (Wildman–Crippen LogP) is 3.28. The van der Waals surface area contributed by atoms with Crippen molar-refractivity contribution >= 4 is 29.8 Å². The molecule has 4 nitrogen and oxygen atoms in total. The molecule has 0 aliphatic heterocycles. The number of rotatable bonds is 4. The van der Waals surface area contributed by atoms with E-state index in [9.17, 15) is 4.79 Å². The fourth-order valence-electron chi connectivity index (χ4n) is 1.36. The van der Waals surface area contributed by atoms with Crippen LogP contribution in [0, 0.1) is 0 Å². The number of furan rings is 1. The molecule has 19 heavy (non-hydrogen) atoms. The van der Waals surface area contributed by atoms with Crippen LogP contribution >= 0.6 is 11.6 Å². The summed E-state index contributed by atoms with van der Waals surface area (Å²) in [6.45, 7) is 0. The Labute approximate surface area is 115 Å². The number of nitrogens with zero attached hydrogens (tertiary/aromatic N) is 1. The quantitative estimate of drug-likeness (QED) is 0.687. The summed E-state index contributed by atoms with van der Waals surface area (Å²) in [6.07, 6.45) is 4.51. The van der Waals surface area contributed by atoms with Crippen LogP contribution in [0.15, 0.2) is 63.3 Å². The van der Waals surface area contributed by atoms with Crippen LogP contribution in [0.5, 0.6) is 0 Å². The zero-order chi connectivity index (χ0) is 13.5. The molecular weight excluding hydrogens is 264 g/mol. The summed E-state index contributed by atoms with van der Waals surface area (Å²) in [5, 5.41) is 4.15. The zero-order valence-corrected chi connectivity index (χ0v) is 10.7. The summed E-state index contributed by atoms with van der Waals surface area (Å²) >= 11 is 5.96. The second-order valence-electron chi connectivity index (χ2n) is 3.62. The number of amides is 1. The van der Waals surface area contributed by atoms with Crippen molar-refractivity contribution in [2.45, 2.75) is 0 Å². The zero-order valence-electron chi connectivity index (χ0n) is 9.92. The summed E-state index contributed by atoms with van der Waals surface area (Å²) in [5.41, 5.74) is 3.27. The Kier molecular flexibility index (Phi) is 4.53. The molecule has 0 aliphatic carbocycles. The van der Waals surface area contributed by atoms with E-state index in [1.54, 1.807) is 18.2 Å². The van der Waals surface area contributed by atoms with Gasteiger partial charge in [-0.05, 0) is 23.8 Å². The number of allylic oxidation sites excluding steroid dienone is 1. The van der Waals surface area contributed by atoms with Gasteiger partial charge in [-0.2, -0.15) is 5.10 Å². The third-order valence-electron chi connectivity index (χ3n) is 2.20. The number of nitrogens with one attached hydrogen (secondary N) is 1. The molecule has 2 aromatic rings. The molecule has 0 bridgehead atoms. The fraction of sp³-hybridized carbons (Fsp3) is 0. The Morgan fingerprint density at radius 3 is 2.68 bits per heavy atom. The number of hydrogen-bond acceptors (Lipinski definition) is 3. The Morgan fingerprint density at radius 1 is 1.21 bits per heavy atom.